The second-order valence-electron chi connectivity index (χ2n) is 5.67. The molecule has 1 aliphatic rings. The molecule has 0 aliphatic carbocycles. The van der Waals surface area contributed by atoms with Gasteiger partial charge in [-0.05, 0) is 43.9 Å². The first-order valence-corrected chi connectivity index (χ1v) is 7.64. The second kappa shape index (κ2) is 6.73. The molecule has 2 aromatic rings. The first-order chi connectivity index (χ1) is 10.7. The van der Waals surface area contributed by atoms with Crippen LogP contribution < -0.4 is 9.64 Å². The normalized spacial score (nSPS) is 15.8. The number of piperidine rings is 1. The van der Waals surface area contributed by atoms with Crippen LogP contribution in [0.25, 0.3) is 0 Å². The summed E-state index contributed by atoms with van der Waals surface area (Å²) in [5.41, 5.74) is 0.956. The first kappa shape index (κ1) is 14.8. The molecule has 3 heterocycles. The Balaban J connectivity index is 1.51. The van der Waals surface area contributed by atoms with Crippen molar-refractivity contribution in [3.63, 3.8) is 0 Å². The number of ether oxygens (including phenoxy) is 1. The molecule has 3 rings (SSSR count). The van der Waals surface area contributed by atoms with Gasteiger partial charge in [0, 0.05) is 31.0 Å². The smallest absolute Gasteiger partial charge is 0.213 e. The lowest BCUT2D eigenvalue weighted by molar-refractivity contribution is 0.215. The average molecular weight is 301 g/mol. The van der Waals surface area contributed by atoms with E-state index < -0.39 is 0 Å². The number of hydrogen-bond acceptors (Lipinski definition) is 4. The molecular weight excluding hydrogens is 281 g/mol. The topological polar surface area (TPSA) is 38.2 Å². The highest BCUT2D eigenvalue weighted by Gasteiger charge is 2.22. The average Bonchev–Trinajstić information content (AvgIpc) is 2.54. The summed E-state index contributed by atoms with van der Waals surface area (Å²) in [4.78, 5) is 10.5. The van der Waals surface area contributed by atoms with Crippen LogP contribution in [0.5, 0.6) is 5.88 Å². The van der Waals surface area contributed by atoms with Crippen LogP contribution in [-0.2, 0) is 0 Å². The van der Waals surface area contributed by atoms with Crippen molar-refractivity contribution >= 4 is 5.82 Å². The van der Waals surface area contributed by atoms with E-state index in [9.17, 15) is 4.39 Å². The molecule has 1 saturated heterocycles. The van der Waals surface area contributed by atoms with Crippen molar-refractivity contribution in [2.45, 2.75) is 19.8 Å². The fraction of sp³-hybridized carbons (Fsp3) is 0.412. The zero-order valence-electron chi connectivity index (χ0n) is 12.7. The Bertz CT molecular complexity index is 627. The Labute approximate surface area is 130 Å². The molecule has 1 aliphatic heterocycles. The molecule has 116 valence electrons. The van der Waals surface area contributed by atoms with E-state index in [4.69, 9.17) is 4.74 Å². The van der Waals surface area contributed by atoms with Gasteiger partial charge in [0.15, 0.2) is 11.6 Å². The third-order valence-corrected chi connectivity index (χ3v) is 3.98. The molecule has 5 heteroatoms. The molecule has 0 unspecified atom stereocenters. The summed E-state index contributed by atoms with van der Waals surface area (Å²) in [6, 6.07) is 8.86. The maximum Gasteiger partial charge on any atom is 0.213 e. The van der Waals surface area contributed by atoms with Gasteiger partial charge in [0.05, 0.1) is 6.61 Å². The van der Waals surface area contributed by atoms with Gasteiger partial charge in [-0.2, -0.15) is 0 Å². The molecule has 22 heavy (non-hydrogen) atoms. The minimum atomic E-state index is -0.249. The van der Waals surface area contributed by atoms with Crippen molar-refractivity contribution in [1.82, 2.24) is 9.97 Å². The highest BCUT2D eigenvalue weighted by Crippen LogP contribution is 2.24. The summed E-state index contributed by atoms with van der Waals surface area (Å²) in [7, 11) is 0. The number of nitrogens with zero attached hydrogens (tertiary/aromatic N) is 3. The van der Waals surface area contributed by atoms with Crippen LogP contribution in [0.15, 0.2) is 36.5 Å². The van der Waals surface area contributed by atoms with Gasteiger partial charge in [0.2, 0.25) is 5.88 Å². The lowest BCUT2D eigenvalue weighted by atomic mass is 9.98. The molecule has 0 saturated carbocycles. The molecule has 4 nitrogen and oxygen atoms in total. The maximum absolute atomic E-state index is 13.7. The highest BCUT2D eigenvalue weighted by atomic mass is 19.1. The lowest BCUT2D eigenvalue weighted by Crippen LogP contribution is -2.36. The minimum absolute atomic E-state index is 0.249. The summed E-state index contributed by atoms with van der Waals surface area (Å²) in [6.07, 6.45) is 3.58. The third-order valence-electron chi connectivity index (χ3n) is 3.98. The molecule has 0 aromatic carbocycles. The van der Waals surface area contributed by atoms with Crippen molar-refractivity contribution in [1.29, 1.82) is 0 Å². The number of aromatic nitrogens is 2. The lowest BCUT2D eigenvalue weighted by Gasteiger charge is -2.32. The maximum atomic E-state index is 13.7. The summed E-state index contributed by atoms with van der Waals surface area (Å²) in [5.74, 6) is 1.37. The van der Waals surface area contributed by atoms with Crippen LogP contribution in [-0.4, -0.2) is 29.7 Å². The van der Waals surface area contributed by atoms with Crippen LogP contribution in [0.3, 0.4) is 0 Å². The van der Waals surface area contributed by atoms with E-state index in [1.54, 1.807) is 12.3 Å². The van der Waals surface area contributed by atoms with Crippen molar-refractivity contribution in [3.05, 3.63) is 48.0 Å². The van der Waals surface area contributed by atoms with E-state index in [1.165, 1.54) is 6.07 Å². The molecule has 1 fully saturated rings. The number of anilines is 1. The van der Waals surface area contributed by atoms with Crippen LogP contribution in [0.4, 0.5) is 10.2 Å². The van der Waals surface area contributed by atoms with E-state index in [2.05, 4.69) is 9.97 Å². The van der Waals surface area contributed by atoms with E-state index >= 15 is 0 Å². The number of halogens is 1. The van der Waals surface area contributed by atoms with Gasteiger partial charge in [0.1, 0.15) is 0 Å². The van der Waals surface area contributed by atoms with Gasteiger partial charge in [-0.25, -0.2) is 14.4 Å². The highest BCUT2D eigenvalue weighted by molar-refractivity contribution is 5.39. The van der Waals surface area contributed by atoms with Crippen LogP contribution in [0.2, 0.25) is 0 Å². The summed E-state index contributed by atoms with van der Waals surface area (Å²) in [5, 5.41) is 0. The minimum Gasteiger partial charge on any atom is -0.477 e. The molecule has 0 radical (unpaired) electrons. The van der Waals surface area contributed by atoms with E-state index in [1.807, 2.05) is 30.0 Å². The van der Waals surface area contributed by atoms with Crippen LogP contribution >= 0.6 is 0 Å². The molecule has 0 bridgehead atoms. The molecule has 2 aromatic heterocycles. The van der Waals surface area contributed by atoms with Crippen molar-refractivity contribution in [3.8, 4) is 5.88 Å². The van der Waals surface area contributed by atoms with Crippen molar-refractivity contribution < 1.29 is 9.13 Å². The predicted octanol–water partition coefficient (Wildman–Crippen LogP) is 3.22. The summed E-state index contributed by atoms with van der Waals surface area (Å²) >= 11 is 0. The van der Waals surface area contributed by atoms with Gasteiger partial charge in [-0.1, -0.05) is 6.07 Å². The Hall–Kier alpha value is -2.17. The quantitative estimate of drug-likeness (QED) is 0.869. The zero-order valence-corrected chi connectivity index (χ0v) is 12.7. The first-order valence-electron chi connectivity index (χ1n) is 7.64. The molecule has 0 amide bonds. The number of hydrogen-bond donors (Lipinski definition) is 0. The third kappa shape index (κ3) is 3.53. The second-order valence-corrected chi connectivity index (χ2v) is 5.67. The van der Waals surface area contributed by atoms with Crippen molar-refractivity contribution in [2.24, 2.45) is 5.92 Å². The summed E-state index contributed by atoms with van der Waals surface area (Å²) < 4.78 is 19.5. The predicted molar refractivity (Wildman–Crippen MR) is 83.6 cm³/mol. The molecular formula is C17H20FN3O. The SMILES string of the molecule is Cc1cccc(OCC2CCN(c3ncccc3F)CC2)n1. The monoisotopic (exact) mass is 301 g/mol. The molecule has 0 N–H and O–H groups in total. The Morgan fingerprint density at radius 2 is 2.05 bits per heavy atom. The Morgan fingerprint density at radius 1 is 1.23 bits per heavy atom. The standard InChI is InChI=1S/C17H20FN3O/c1-13-4-2-6-16(20-13)22-12-14-7-10-21(11-8-14)17-15(18)5-3-9-19-17/h2-6,9,14H,7-8,10-12H2,1H3. The fourth-order valence-electron chi connectivity index (χ4n) is 2.72. The molecule has 0 atom stereocenters. The molecule has 0 spiro atoms. The number of aryl methyl sites for hydroxylation is 1. The van der Waals surface area contributed by atoms with Crippen LogP contribution in [0, 0.1) is 18.7 Å². The van der Waals surface area contributed by atoms with Crippen molar-refractivity contribution in [2.75, 3.05) is 24.6 Å². The van der Waals surface area contributed by atoms with Gasteiger partial charge in [-0.3, -0.25) is 0 Å². The van der Waals surface area contributed by atoms with Gasteiger partial charge in [-0.15, -0.1) is 0 Å². The fourth-order valence-corrected chi connectivity index (χ4v) is 2.72. The van der Waals surface area contributed by atoms with Gasteiger partial charge >= 0.3 is 0 Å². The summed E-state index contributed by atoms with van der Waals surface area (Å²) in [6.45, 7) is 4.23. The number of pyridine rings is 2. The number of rotatable bonds is 4. The van der Waals surface area contributed by atoms with E-state index in [0.29, 0.717) is 24.2 Å². The van der Waals surface area contributed by atoms with Gasteiger partial charge in [0.25, 0.3) is 0 Å². The Morgan fingerprint density at radius 3 is 2.77 bits per heavy atom. The Kier molecular flexibility index (Phi) is 4.51. The zero-order chi connectivity index (χ0) is 15.4. The van der Waals surface area contributed by atoms with E-state index in [-0.39, 0.29) is 5.82 Å². The largest absolute Gasteiger partial charge is 0.477 e. The van der Waals surface area contributed by atoms with Gasteiger partial charge < -0.3 is 9.64 Å². The van der Waals surface area contributed by atoms with E-state index in [0.717, 1.165) is 31.6 Å². The van der Waals surface area contributed by atoms with Crippen LogP contribution in [0.1, 0.15) is 18.5 Å².